The Balaban J connectivity index is 4.24. The zero-order valence-electron chi connectivity index (χ0n) is 9.65. The third kappa shape index (κ3) is 6.98. The van der Waals surface area contributed by atoms with Gasteiger partial charge in [-0.2, -0.15) is 11.8 Å². The number of carboxylic acid groups (broad SMARTS) is 1. The summed E-state index contributed by atoms with van der Waals surface area (Å²) in [6.45, 7) is -0.722. The summed E-state index contributed by atoms with van der Waals surface area (Å²) < 4.78 is 24.0. The first-order valence-electron chi connectivity index (χ1n) is 4.90. The Kier molecular flexibility index (Phi) is 7.60. The van der Waals surface area contributed by atoms with Gasteiger partial charge in [0.2, 0.25) is 0 Å². The maximum absolute atomic E-state index is 12.0. The monoisotopic (exact) mass is 270 g/mol. The average molecular weight is 270 g/mol. The molecular formula is C9H16F2N2O3S. The molecule has 2 N–H and O–H groups in total. The lowest BCUT2D eigenvalue weighted by Gasteiger charge is -2.20. The fourth-order valence-electron chi connectivity index (χ4n) is 1.04. The molecule has 5 nitrogen and oxygen atoms in total. The van der Waals surface area contributed by atoms with E-state index in [1.807, 2.05) is 6.26 Å². The first-order valence-corrected chi connectivity index (χ1v) is 6.29. The lowest BCUT2D eigenvalue weighted by molar-refractivity contribution is -0.139. The van der Waals surface area contributed by atoms with E-state index in [2.05, 4.69) is 5.32 Å². The maximum Gasteiger partial charge on any atom is 0.326 e. The largest absolute Gasteiger partial charge is 0.480 e. The molecule has 0 radical (unpaired) electrons. The molecule has 0 bridgehead atoms. The minimum atomic E-state index is -2.64. The quantitative estimate of drug-likeness (QED) is 0.727. The second-order valence-electron chi connectivity index (χ2n) is 3.39. The number of hydrogen-bond acceptors (Lipinski definition) is 3. The molecule has 0 aromatic heterocycles. The topological polar surface area (TPSA) is 69.6 Å². The van der Waals surface area contributed by atoms with Gasteiger partial charge in [-0.1, -0.05) is 0 Å². The average Bonchev–Trinajstić information content (AvgIpc) is 2.22. The summed E-state index contributed by atoms with van der Waals surface area (Å²) in [5.41, 5.74) is 0. The fourth-order valence-corrected chi connectivity index (χ4v) is 1.51. The van der Waals surface area contributed by atoms with Crippen LogP contribution in [0, 0.1) is 0 Å². The second kappa shape index (κ2) is 8.10. The second-order valence-corrected chi connectivity index (χ2v) is 4.38. The predicted octanol–water partition coefficient (Wildman–Crippen LogP) is 1.10. The maximum atomic E-state index is 12.0. The number of carbonyl (C=O) groups is 2. The Bertz CT molecular complexity index is 267. The van der Waals surface area contributed by atoms with Gasteiger partial charge in [0, 0.05) is 7.05 Å². The van der Waals surface area contributed by atoms with Crippen LogP contribution in [0.25, 0.3) is 0 Å². The van der Waals surface area contributed by atoms with Gasteiger partial charge in [0.1, 0.15) is 6.04 Å². The molecule has 100 valence electrons. The number of urea groups is 1. The van der Waals surface area contributed by atoms with E-state index < -0.39 is 31.0 Å². The molecule has 0 aliphatic carbocycles. The van der Waals surface area contributed by atoms with Crippen LogP contribution in [0.3, 0.4) is 0 Å². The van der Waals surface area contributed by atoms with Gasteiger partial charge in [0.25, 0.3) is 6.43 Å². The number of rotatable bonds is 7. The van der Waals surface area contributed by atoms with Crippen LogP contribution in [0.5, 0.6) is 0 Å². The van der Waals surface area contributed by atoms with Crippen LogP contribution in [0.1, 0.15) is 6.42 Å². The van der Waals surface area contributed by atoms with E-state index in [-0.39, 0.29) is 6.42 Å². The molecule has 8 heteroatoms. The van der Waals surface area contributed by atoms with Gasteiger partial charge in [-0.3, -0.25) is 0 Å². The molecular weight excluding hydrogens is 254 g/mol. The van der Waals surface area contributed by atoms with Gasteiger partial charge in [0.05, 0.1) is 6.54 Å². The molecule has 0 unspecified atom stereocenters. The van der Waals surface area contributed by atoms with Crippen molar-refractivity contribution in [3.05, 3.63) is 0 Å². The van der Waals surface area contributed by atoms with Gasteiger partial charge in [-0.15, -0.1) is 0 Å². The van der Waals surface area contributed by atoms with Gasteiger partial charge in [-0.05, 0) is 18.4 Å². The molecule has 0 saturated carbocycles. The van der Waals surface area contributed by atoms with Gasteiger partial charge < -0.3 is 15.3 Å². The molecule has 0 spiro atoms. The summed E-state index contributed by atoms with van der Waals surface area (Å²) in [5, 5.41) is 11.0. The first kappa shape index (κ1) is 16.0. The van der Waals surface area contributed by atoms with E-state index in [4.69, 9.17) is 5.11 Å². The number of carbonyl (C=O) groups excluding carboxylic acids is 1. The number of amides is 2. The predicted molar refractivity (Wildman–Crippen MR) is 61.6 cm³/mol. The number of thioether (sulfide) groups is 1. The standard InChI is InChI=1S/C9H16F2N2O3S/c1-13(5-7(10)11)9(16)12-6(8(14)15)3-4-17-2/h6-7H,3-5H2,1-2H3,(H,12,16)(H,14,15)/t6-/m1/s1. The molecule has 0 saturated heterocycles. The zero-order valence-corrected chi connectivity index (χ0v) is 10.5. The normalized spacial score (nSPS) is 12.3. The highest BCUT2D eigenvalue weighted by molar-refractivity contribution is 7.98. The summed E-state index contributed by atoms with van der Waals surface area (Å²) in [6.07, 6.45) is -0.575. The lowest BCUT2D eigenvalue weighted by atomic mass is 10.2. The molecule has 1 atom stereocenters. The van der Waals surface area contributed by atoms with Crippen LogP contribution < -0.4 is 5.32 Å². The molecule has 0 aromatic rings. The number of halogens is 2. The molecule has 0 aliphatic rings. The van der Waals surface area contributed by atoms with Crippen LogP contribution in [0.4, 0.5) is 13.6 Å². The van der Waals surface area contributed by atoms with E-state index >= 15 is 0 Å². The van der Waals surface area contributed by atoms with E-state index in [9.17, 15) is 18.4 Å². The van der Waals surface area contributed by atoms with Crippen molar-refractivity contribution >= 4 is 23.8 Å². The minimum absolute atomic E-state index is 0.255. The summed E-state index contributed by atoms with van der Waals surface area (Å²) in [7, 11) is 1.19. The van der Waals surface area contributed by atoms with Crippen molar-refractivity contribution in [1.29, 1.82) is 0 Å². The SMILES string of the molecule is CSCC[C@@H](NC(=O)N(C)CC(F)F)C(=O)O. The van der Waals surface area contributed by atoms with Gasteiger partial charge in [0.15, 0.2) is 0 Å². The molecule has 0 aromatic carbocycles. The molecule has 0 fully saturated rings. The lowest BCUT2D eigenvalue weighted by Crippen LogP contribution is -2.48. The number of carboxylic acids is 1. The highest BCUT2D eigenvalue weighted by Crippen LogP contribution is 2.02. The number of nitrogens with zero attached hydrogens (tertiary/aromatic N) is 1. The molecule has 17 heavy (non-hydrogen) atoms. The van der Waals surface area contributed by atoms with E-state index in [1.165, 1.54) is 18.8 Å². The van der Waals surface area contributed by atoms with E-state index in [0.717, 1.165) is 4.90 Å². The van der Waals surface area contributed by atoms with Crippen LogP contribution in [-0.2, 0) is 4.79 Å². The number of nitrogens with one attached hydrogen (secondary N) is 1. The van der Waals surface area contributed by atoms with Crippen molar-refractivity contribution < 1.29 is 23.5 Å². The smallest absolute Gasteiger partial charge is 0.326 e. The van der Waals surface area contributed by atoms with Crippen molar-refractivity contribution in [2.45, 2.75) is 18.9 Å². The van der Waals surface area contributed by atoms with Gasteiger partial charge in [-0.25, -0.2) is 18.4 Å². The van der Waals surface area contributed by atoms with Crippen molar-refractivity contribution in [1.82, 2.24) is 10.2 Å². The third-order valence-corrected chi connectivity index (χ3v) is 2.61. The minimum Gasteiger partial charge on any atom is -0.480 e. The van der Waals surface area contributed by atoms with Crippen molar-refractivity contribution in [3.63, 3.8) is 0 Å². The van der Waals surface area contributed by atoms with Crippen LogP contribution in [-0.4, -0.2) is 60.1 Å². The Morgan fingerprint density at radius 2 is 2.06 bits per heavy atom. The summed E-state index contributed by atoms with van der Waals surface area (Å²) in [6, 6.07) is -1.85. The van der Waals surface area contributed by atoms with Crippen LogP contribution >= 0.6 is 11.8 Å². The molecule has 2 amide bonds. The van der Waals surface area contributed by atoms with Gasteiger partial charge >= 0.3 is 12.0 Å². The van der Waals surface area contributed by atoms with Crippen molar-refractivity contribution in [2.24, 2.45) is 0 Å². The first-order chi connectivity index (χ1) is 7.88. The number of aliphatic carboxylic acids is 1. The summed E-state index contributed by atoms with van der Waals surface area (Å²) in [5.74, 6) is -0.603. The fraction of sp³-hybridized carbons (Fsp3) is 0.778. The van der Waals surface area contributed by atoms with E-state index in [0.29, 0.717) is 5.75 Å². The highest BCUT2D eigenvalue weighted by Gasteiger charge is 2.22. The number of alkyl halides is 2. The van der Waals surface area contributed by atoms with E-state index in [1.54, 1.807) is 0 Å². The Labute approximate surface area is 103 Å². The van der Waals surface area contributed by atoms with Crippen molar-refractivity contribution in [3.8, 4) is 0 Å². The highest BCUT2D eigenvalue weighted by atomic mass is 32.2. The number of hydrogen-bond donors (Lipinski definition) is 2. The third-order valence-electron chi connectivity index (χ3n) is 1.97. The molecule has 0 rings (SSSR count). The molecule has 0 heterocycles. The Morgan fingerprint density at radius 3 is 2.47 bits per heavy atom. The van der Waals surface area contributed by atoms with Crippen molar-refractivity contribution in [2.75, 3.05) is 25.6 Å². The Hall–Kier alpha value is -1.05. The Morgan fingerprint density at radius 1 is 1.47 bits per heavy atom. The summed E-state index contributed by atoms with van der Waals surface area (Å²) in [4.78, 5) is 22.9. The van der Waals surface area contributed by atoms with Crippen LogP contribution in [0.15, 0.2) is 0 Å². The van der Waals surface area contributed by atoms with Crippen LogP contribution in [0.2, 0.25) is 0 Å². The molecule has 0 aliphatic heterocycles. The zero-order chi connectivity index (χ0) is 13.4. The summed E-state index contributed by atoms with van der Waals surface area (Å²) >= 11 is 1.45.